The van der Waals surface area contributed by atoms with Gasteiger partial charge in [-0.05, 0) is 36.4 Å². The summed E-state index contributed by atoms with van der Waals surface area (Å²) in [6.45, 7) is 0. The lowest BCUT2D eigenvalue weighted by Crippen LogP contribution is -1.98. The summed E-state index contributed by atoms with van der Waals surface area (Å²) in [6.07, 6.45) is 1.64. The molecule has 0 fully saturated rings. The molecule has 0 radical (unpaired) electrons. The number of carbonyl (C=O) groups is 1. The lowest BCUT2D eigenvalue weighted by Gasteiger charge is -2.13. The van der Waals surface area contributed by atoms with E-state index in [9.17, 15) is 9.90 Å². The van der Waals surface area contributed by atoms with Gasteiger partial charge < -0.3 is 28.5 Å². The molecule has 0 aliphatic carbocycles. The zero-order chi connectivity index (χ0) is 22.8. The number of aromatic nitrogens is 1. The third-order valence-corrected chi connectivity index (χ3v) is 5.10. The van der Waals surface area contributed by atoms with Crippen LogP contribution in [0.3, 0.4) is 0 Å². The molecule has 2 aromatic carbocycles. The average Bonchev–Trinajstić information content (AvgIpc) is 3.27. The summed E-state index contributed by atoms with van der Waals surface area (Å²) in [4.78, 5) is 15.9. The summed E-state index contributed by atoms with van der Waals surface area (Å²) >= 11 is 0. The lowest BCUT2D eigenvalue weighted by molar-refractivity contribution is 0.0697. The molecule has 1 N–H and O–H groups in total. The molecule has 8 nitrogen and oxygen atoms in total. The fraction of sp³-hybridized carbons (Fsp3) is 0.167. The summed E-state index contributed by atoms with van der Waals surface area (Å²) in [7, 11) is 6.15. The molecule has 0 spiro atoms. The van der Waals surface area contributed by atoms with Gasteiger partial charge in [-0.15, -0.1) is 0 Å². The van der Waals surface area contributed by atoms with Crippen molar-refractivity contribution in [2.75, 3.05) is 28.4 Å². The van der Waals surface area contributed by atoms with Crippen molar-refractivity contribution in [2.45, 2.75) is 0 Å². The van der Waals surface area contributed by atoms with E-state index < -0.39 is 5.97 Å². The number of furan rings is 1. The van der Waals surface area contributed by atoms with E-state index >= 15 is 0 Å². The highest BCUT2D eigenvalue weighted by molar-refractivity contribution is 5.97. The highest BCUT2D eigenvalue weighted by Crippen LogP contribution is 2.43. The third-order valence-electron chi connectivity index (χ3n) is 5.10. The highest BCUT2D eigenvalue weighted by atomic mass is 16.5. The zero-order valence-corrected chi connectivity index (χ0v) is 18.0. The van der Waals surface area contributed by atoms with Crippen molar-refractivity contribution >= 4 is 17.1 Å². The van der Waals surface area contributed by atoms with Crippen molar-refractivity contribution < 1.29 is 33.3 Å². The summed E-state index contributed by atoms with van der Waals surface area (Å²) in [6, 6.07) is 11.8. The SMILES string of the molecule is COc1ccc(C(=O)O)cc1-c1ccnc2cc(-c3cc(OC)c(OC)c(OC)c3)oc12. The van der Waals surface area contributed by atoms with E-state index in [1.54, 1.807) is 56.8 Å². The van der Waals surface area contributed by atoms with Gasteiger partial charge in [-0.3, -0.25) is 4.98 Å². The van der Waals surface area contributed by atoms with Gasteiger partial charge in [0.1, 0.15) is 17.0 Å². The van der Waals surface area contributed by atoms with Crippen LogP contribution in [0.2, 0.25) is 0 Å². The highest BCUT2D eigenvalue weighted by Gasteiger charge is 2.20. The number of methoxy groups -OCH3 is 4. The van der Waals surface area contributed by atoms with E-state index in [1.165, 1.54) is 20.3 Å². The third kappa shape index (κ3) is 3.56. The fourth-order valence-corrected chi connectivity index (χ4v) is 3.57. The van der Waals surface area contributed by atoms with Crippen molar-refractivity contribution in [1.82, 2.24) is 4.98 Å². The van der Waals surface area contributed by atoms with E-state index in [-0.39, 0.29) is 5.56 Å². The smallest absolute Gasteiger partial charge is 0.335 e. The molecule has 2 aromatic heterocycles. The first kappa shape index (κ1) is 21.0. The predicted octanol–water partition coefficient (Wildman–Crippen LogP) is 4.89. The number of fused-ring (bicyclic) bond motifs is 1. The molecule has 2 heterocycles. The number of carboxylic acids is 1. The van der Waals surface area contributed by atoms with Gasteiger partial charge in [-0.2, -0.15) is 0 Å². The van der Waals surface area contributed by atoms with Crippen LogP contribution in [-0.2, 0) is 0 Å². The minimum absolute atomic E-state index is 0.141. The Morgan fingerprint density at radius 1 is 0.844 bits per heavy atom. The van der Waals surface area contributed by atoms with E-state index in [2.05, 4.69) is 4.98 Å². The van der Waals surface area contributed by atoms with Crippen LogP contribution in [0.5, 0.6) is 23.0 Å². The van der Waals surface area contributed by atoms with Crippen LogP contribution < -0.4 is 18.9 Å². The Bertz CT molecular complexity index is 1280. The van der Waals surface area contributed by atoms with Gasteiger partial charge in [0.15, 0.2) is 17.1 Å². The number of nitrogens with zero attached hydrogens (tertiary/aromatic N) is 1. The molecule has 0 amide bonds. The molecule has 0 aliphatic rings. The van der Waals surface area contributed by atoms with Gasteiger partial charge in [0.2, 0.25) is 5.75 Å². The topological polar surface area (TPSA) is 100 Å². The molecule has 8 heteroatoms. The largest absolute Gasteiger partial charge is 0.496 e. The van der Waals surface area contributed by atoms with Gasteiger partial charge in [-0.1, -0.05) is 0 Å². The maximum Gasteiger partial charge on any atom is 0.335 e. The van der Waals surface area contributed by atoms with Gasteiger partial charge >= 0.3 is 5.97 Å². The van der Waals surface area contributed by atoms with Crippen LogP contribution in [-0.4, -0.2) is 44.5 Å². The van der Waals surface area contributed by atoms with Gasteiger partial charge in [-0.25, -0.2) is 4.79 Å². The molecule has 0 saturated heterocycles. The molecular formula is C24H21NO7. The van der Waals surface area contributed by atoms with Gasteiger partial charge in [0.25, 0.3) is 0 Å². The second kappa shape index (κ2) is 8.50. The fourth-order valence-electron chi connectivity index (χ4n) is 3.57. The molecular weight excluding hydrogens is 414 g/mol. The number of rotatable bonds is 7. The van der Waals surface area contributed by atoms with Crippen LogP contribution in [0.15, 0.2) is 53.1 Å². The monoisotopic (exact) mass is 435 g/mol. The van der Waals surface area contributed by atoms with Crippen molar-refractivity contribution in [3.8, 4) is 45.4 Å². The number of benzene rings is 2. The van der Waals surface area contributed by atoms with E-state index in [4.69, 9.17) is 23.4 Å². The first-order chi connectivity index (χ1) is 15.5. The Morgan fingerprint density at radius 3 is 2.12 bits per heavy atom. The standard InChI is InChI=1S/C24H21NO7/c1-28-18-6-5-13(24(26)27)9-16(18)15-7-8-25-17-12-19(32-22(15)17)14-10-20(29-2)23(31-4)21(11-14)30-3/h5-12H,1-4H3,(H,26,27). The molecule has 0 unspecified atom stereocenters. The molecule has 164 valence electrons. The number of pyridine rings is 1. The quantitative estimate of drug-likeness (QED) is 0.438. The zero-order valence-electron chi connectivity index (χ0n) is 18.0. The Kier molecular flexibility index (Phi) is 5.59. The number of carboxylic acid groups (broad SMARTS) is 1. The maximum atomic E-state index is 11.5. The Morgan fingerprint density at radius 2 is 1.53 bits per heavy atom. The Balaban J connectivity index is 1.91. The summed E-state index contributed by atoms with van der Waals surface area (Å²) in [5.74, 6) is 1.49. The molecule has 0 atom stereocenters. The molecule has 0 bridgehead atoms. The van der Waals surface area contributed by atoms with Crippen LogP contribution >= 0.6 is 0 Å². The number of hydrogen-bond donors (Lipinski definition) is 1. The van der Waals surface area contributed by atoms with Crippen LogP contribution in [0.4, 0.5) is 0 Å². The molecule has 0 aliphatic heterocycles. The number of ether oxygens (including phenoxy) is 4. The van der Waals surface area contributed by atoms with Crippen LogP contribution in [0.25, 0.3) is 33.6 Å². The normalized spacial score (nSPS) is 10.8. The average molecular weight is 435 g/mol. The van der Waals surface area contributed by atoms with Crippen LogP contribution in [0, 0.1) is 0 Å². The van der Waals surface area contributed by atoms with Crippen LogP contribution in [0.1, 0.15) is 10.4 Å². The summed E-state index contributed by atoms with van der Waals surface area (Å²) < 4.78 is 27.9. The first-order valence-corrected chi connectivity index (χ1v) is 9.61. The predicted molar refractivity (Wildman–Crippen MR) is 118 cm³/mol. The minimum atomic E-state index is -1.03. The van der Waals surface area contributed by atoms with Gasteiger partial charge in [0, 0.05) is 29.0 Å². The lowest BCUT2D eigenvalue weighted by atomic mass is 10.0. The van der Waals surface area contributed by atoms with Crippen molar-refractivity contribution in [3.63, 3.8) is 0 Å². The van der Waals surface area contributed by atoms with Crippen molar-refractivity contribution in [3.05, 3.63) is 54.2 Å². The van der Waals surface area contributed by atoms with Crippen molar-refractivity contribution in [2.24, 2.45) is 0 Å². The molecule has 4 rings (SSSR count). The Hall–Kier alpha value is -4.20. The van der Waals surface area contributed by atoms with E-state index in [0.29, 0.717) is 56.5 Å². The van der Waals surface area contributed by atoms with Gasteiger partial charge in [0.05, 0.1) is 34.0 Å². The molecule has 0 saturated carbocycles. The number of aromatic carboxylic acids is 1. The van der Waals surface area contributed by atoms with Crippen molar-refractivity contribution in [1.29, 1.82) is 0 Å². The summed E-state index contributed by atoms with van der Waals surface area (Å²) in [5, 5.41) is 9.42. The maximum absolute atomic E-state index is 11.5. The second-order valence-corrected chi connectivity index (χ2v) is 6.82. The first-order valence-electron chi connectivity index (χ1n) is 9.61. The molecule has 32 heavy (non-hydrogen) atoms. The summed E-state index contributed by atoms with van der Waals surface area (Å²) in [5.41, 5.74) is 3.20. The Labute approximate surface area is 183 Å². The molecule has 4 aromatic rings. The second-order valence-electron chi connectivity index (χ2n) is 6.82. The van der Waals surface area contributed by atoms with E-state index in [1.807, 2.05) is 0 Å². The number of hydrogen-bond acceptors (Lipinski definition) is 7. The van der Waals surface area contributed by atoms with E-state index in [0.717, 1.165) is 0 Å². The minimum Gasteiger partial charge on any atom is -0.496 e.